The van der Waals surface area contributed by atoms with E-state index >= 15 is 0 Å². The van der Waals surface area contributed by atoms with Gasteiger partial charge in [-0.2, -0.15) is 0 Å². The number of amides is 1. The van der Waals surface area contributed by atoms with E-state index in [1.165, 1.54) is 18.3 Å². The number of rotatable bonds is 10. The molecule has 3 N–H and O–H groups in total. The maximum absolute atomic E-state index is 12.5. The number of aliphatic carboxylic acids is 1. The quantitative estimate of drug-likeness (QED) is 0.179. The van der Waals surface area contributed by atoms with Crippen LogP contribution in [0, 0.1) is 10.1 Å². The number of carboxylic acid groups (broad SMARTS) is 1. The third-order valence-electron chi connectivity index (χ3n) is 5.31. The van der Waals surface area contributed by atoms with Crippen molar-refractivity contribution in [2.75, 3.05) is 7.11 Å². The van der Waals surface area contributed by atoms with Crippen LogP contribution >= 0.6 is 0 Å². The van der Waals surface area contributed by atoms with E-state index < -0.39 is 52.5 Å². The molecule has 2 aromatic carbocycles. The zero-order valence-corrected chi connectivity index (χ0v) is 23.5. The highest BCUT2D eigenvalue weighted by Crippen LogP contribution is 2.28. The van der Waals surface area contributed by atoms with Crippen LogP contribution in [0.15, 0.2) is 79.0 Å². The molecule has 13 heteroatoms. The Morgan fingerprint density at radius 3 is 2.12 bits per heavy atom. The SMILES string of the molecule is COC(=O)[C@H](Oc1ncccc1[N+](=O)[O-])[C@H](NC(=O)OC(C)(C)C)c1ccccc1.O=C(O)C(O)Cc1ccccc1. The van der Waals surface area contributed by atoms with Gasteiger partial charge in [-0.05, 0) is 38.0 Å². The van der Waals surface area contributed by atoms with Gasteiger partial charge in [0, 0.05) is 18.7 Å². The van der Waals surface area contributed by atoms with Gasteiger partial charge in [0.25, 0.3) is 5.88 Å². The summed E-state index contributed by atoms with van der Waals surface area (Å²) in [6.07, 6.45) is -2.12. The summed E-state index contributed by atoms with van der Waals surface area (Å²) in [5.41, 5.74) is 0.104. The molecule has 1 unspecified atom stereocenters. The zero-order valence-electron chi connectivity index (χ0n) is 23.5. The molecule has 3 rings (SSSR count). The molecule has 3 aromatic rings. The van der Waals surface area contributed by atoms with Gasteiger partial charge in [0.05, 0.1) is 12.0 Å². The Bertz CT molecular complexity index is 1330. The molecule has 42 heavy (non-hydrogen) atoms. The lowest BCUT2D eigenvalue weighted by atomic mass is 10.0. The highest BCUT2D eigenvalue weighted by Gasteiger charge is 2.37. The Hall–Kier alpha value is -5.04. The number of esters is 1. The monoisotopic (exact) mass is 583 g/mol. The number of aliphatic hydroxyl groups is 1. The van der Waals surface area contributed by atoms with Crippen molar-refractivity contribution in [1.29, 1.82) is 0 Å². The molecule has 0 aliphatic heterocycles. The van der Waals surface area contributed by atoms with Crippen molar-refractivity contribution in [3.8, 4) is 5.88 Å². The Morgan fingerprint density at radius 1 is 1.00 bits per heavy atom. The predicted molar refractivity (Wildman–Crippen MR) is 150 cm³/mol. The number of ether oxygens (including phenoxy) is 3. The average Bonchev–Trinajstić information content (AvgIpc) is 2.95. The van der Waals surface area contributed by atoms with Gasteiger partial charge in [-0.25, -0.2) is 19.4 Å². The molecule has 0 saturated carbocycles. The summed E-state index contributed by atoms with van der Waals surface area (Å²) in [4.78, 5) is 49.7. The summed E-state index contributed by atoms with van der Waals surface area (Å²) in [7, 11) is 1.14. The van der Waals surface area contributed by atoms with Crippen LogP contribution in [0.5, 0.6) is 5.88 Å². The fourth-order valence-electron chi connectivity index (χ4n) is 3.45. The molecule has 3 atom stereocenters. The first-order valence-corrected chi connectivity index (χ1v) is 12.7. The van der Waals surface area contributed by atoms with E-state index in [2.05, 4.69) is 10.3 Å². The van der Waals surface area contributed by atoms with E-state index in [9.17, 15) is 24.5 Å². The Morgan fingerprint density at radius 2 is 1.60 bits per heavy atom. The number of methoxy groups -OCH3 is 1. The number of nitro groups is 1. The third-order valence-corrected chi connectivity index (χ3v) is 5.31. The van der Waals surface area contributed by atoms with Gasteiger partial charge in [0.2, 0.25) is 6.10 Å². The molecular formula is C29H33N3O10. The lowest BCUT2D eigenvalue weighted by Crippen LogP contribution is -2.45. The first kappa shape index (κ1) is 33.2. The Kier molecular flexibility index (Phi) is 12.4. The number of pyridine rings is 1. The first-order chi connectivity index (χ1) is 19.8. The molecule has 0 spiro atoms. The van der Waals surface area contributed by atoms with Crippen LogP contribution in [-0.4, -0.2) is 63.1 Å². The fourth-order valence-corrected chi connectivity index (χ4v) is 3.45. The van der Waals surface area contributed by atoms with Crippen LogP contribution in [0.2, 0.25) is 0 Å². The number of aromatic nitrogens is 1. The normalized spacial score (nSPS) is 12.8. The molecule has 1 aromatic heterocycles. The highest BCUT2D eigenvalue weighted by molar-refractivity contribution is 5.78. The molecular weight excluding hydrogens is 550 g/mol. The van der Waals surface area contributed by atoms with Crippen LogP contribution in [0.1, 0.15) is 37.9 Å². The Balaban J connectivity index is 0.000000428. The molecule has 0 radical (unpaired) electrons. The van der Waals surface area contributed by atoms with Gasteiger partial charge in [-0.3, -0.25) is 10.1 Å². The second kappa shape index (κ2) is 15.7. The van der Waals surface area contributed by atoms with E-state index in [1.54, 1.807) is 63.2 Å². The molecule has 0 aliphatic carbocycles. The summed E-state index contributed by atoms with van der Waals surface area (Å²) in [5, 5.41) is 31.3. The average molecular weight is 584 g/mol. The van der Waals surface area contributed by atoms with Crippen LogP contribution in [0.3, 0.4) is 0 Å². The summed E-state index contributed by atoms with van der Waals surface area (Å²) in [5.74, 6) is -2.43. The van der Waals surface area contributed by atoms with Gasteiger partial charge in [-0.15, -0.1) is 0 Å². The van der Waals surface area contributed by atoms with Crippen molar-refractivity contribution in [3.05, 3.63) is 100 Å². The van der Waals surface area contributed by atoms with E-state index in [1.807, 2.05) is 18.2 Å². The summed E-state index contributed by atoms with van der Waals surface area (Å²) in [6.45, 7) is 5.07. The summed E-state index contributed by atoms with van der Waals surface area (Å²) in [6, 6.07) is 19.0. The molecule has 1 heterocycles. The second-order valence-corrected chi connectivity index (χ2v) is 9.72. The number of aliphatic hydroxyl groups excluding tert-OH is 1. The van der Waals surface area contributed by atoms with Crippen molar-refractivity contribution >= 4 is 23.7 Å². The summed E-state index contributed by atoms with van der Waals surface area (Å²) < 4.78 is 15.7. The molecule has 224 valence electrons. The summed E-state index contributed by atoms with van der Waals surface area (Å²) >= 11 is 0. The van der Waals surface area contributed by atoms with Crippen molar-refractivity contribution in [3.63, 3.8) is 0 Å². The smallest absolute Gasteiger partial charge is 0.408 e. The molecule has 0 fully saturated rings. The van der Waals surface area contributed by atoms with E-state index in [0.717, 1.165) is 12.7 Å². The van der Waals surface area contributed by atoms with Gasteiger partial charge in [-0.1, -0.05) is 60.7 Å². The number of nitrogens with one attached hydrogen (secondary N) is 1. The van der Waals surface area contributed by atoms with Crippen LogP contribution in [0.25, 0.3) is 0 Å². The predicted octanol–water partition coefficient (Wildman–Crippen LogP) is 3.85. The second-order valence-electron chi connectivity index (χ2n) is 9.72. The molecule has 0 aliphatic rings. The van der Waals surface area contributed by atoms with Crippen LogP contribution in [0.4, 0.5) is 10.5 Å². The third kappa shape index (κ3) is 10.8. The number of nitrogens with zero attached hydrogens (tertiary/aromatic N) is 2. The minimum atomic E-state index is -1.47. The first-order valence-electron chi connectivity index (χ1n) is 12.7. The minimum Gasteiger partial charge on any atom is -0.479 e. The molecule has 0 saturated heterocycles. The number of hydrogen-bond acceptors (Lipinski definition) is 10. The lowest BCUT2D eigenvalue weighted by molar-refractivity contribution is -0.386. The maximum Gasteiger partial charge on any atom is 0.408 e. The topological polar surface area (TPSA) is 187 Å². The Labute approximate surface area is 242 Å². The lowest BCUT2D eigenvalue weighted by Gasteiger charge is -2.28. The van der Waals surface area contributed by atoms with Crippen molar-refractivity contribution in [2.45, 2.75) is 51.0 Å². The molecule has 0 bridgehead atoms. The van der Waals surface area contributed by atoms with E-state index in [4.69, 9.17) is 24.4 Å². The number of hydrogen-bond donors (Lipinski definition) is 3. The maximum atomic E-state index is 12.5. The number of carbonyl (C=O) groups excluding carboxylic acids is 2. The van der Waals surface area contributed by atoms with E-state index in [-0.39, 0.29) is 12.3 Å². The van der Waals surface area contributed by atoms with Crippen molar-refractivity contribution in [2.24, 2.45) is 0 Å². The minimum absolute atomic E-state index is 0.163. The van der Waals surface area contributed by atoms with Crippen molar-refractivity contribution in [1.82, 2.24) is 10.3 Å². The van der Waals surface area contributed by atoms with Crippen molar-refractivity contribution < 1.29 is 43.7 Å². The highest BCUT2D eigenvalue weighted by atomic mass is 16.6. The van der Waals surface area contributed by atoms with Gasteiger partial charge in [0.15, 0.2) is 6.10 Å². The number of alkyl carbamates (subject to hydrolysis) is 1. The number of carboxylic acids is 1. The van der Waals surface area contributed by atoms with Crippen LogP contribution in [-0.2, 0) is 25.5 Å². The largest absolute Gasteiger partial charge is 0.479 e. The zero-order chi connectivity index (χ0) is 31.3. The number of carbonyl (C=O) groups is 3. The van der Waals surface area contributed by atoms with Gasteiger partial charge >= 0.3 is 23.7 Å². The standard InChI is InChI=1S/C20H23N3O7.C9H10O3/c1-20(2,3)30-19(25)22-15(13-9-6-5-7-10-13)16(18(24)28-4)29-17-14(23(26)27)11-8-12-21-17;10-8(9(11)12)6-7-4-2-1-3-5-7/h5-12,15-16H,1-4H3,(H,22,25);1-5,8,10H,6H2,(H,11,12)/t15-,16-;/m1./s1. The van der Waals surface area contributed by atoms with Crippen LogP contribution < -0.4 is 10.1 Å². The molecule has 13 nitrogen and oxygen atoms in total. The molecule has 1 amide bonds. The fraction of sp³-hybridized carbons (Fsp3) is 0.310. The van der Waals surface area contributed by atoms with Gasteiger partial charge in [0.1, 0.15) is 11.6 Å². The van der Waals surface area contributed by atoms with E-state index in [0.29, 0.717) is 5.56 Å². The van der Waals surface area contributed by atoms with Gasteiger partial charge < -0.3 is 29.7 Å². The number of benzene rings is 2.